The number of aromatic nitrogens is 2. The number of nitrogen functional groups attached to an aromatic ring is 1. The fourth-order valence-electron chi connectivity index (χ4n) is 1.89. The van der Waals surface area contributed by atoms with Crippen LogP contribution in [0.4, 0.5) is 11.4 Å². The largest absolute Gasteiger partial charge is 0.398 e. The number of benzene rings is 2. The summed E-state index contributed by atoms with van der Waals surface area (Å²) in [5.74, 6) is -0.187. The number of nitrogens with zero attached hydrogens (tertiary/aromatic N) is 1. The highest BCUT2D eigenvalue weighted by atomic mass is 79.9. The molecule has 0 bridgehead atoms. The molecule has 1 heterocycles. The number of hydrogen-bond donors (Lipinski definition) is 3. The van der Waals surface area contributed by atoms with Gasteiger partial charge in [0.1, 0.15) is 0 Å². The van der Waals surface area contributed by atoms with Gasteiger partial charge in [-0.1, -0.05) is 0 Å². The SMILES string of the molecule is Nc1ccc(C(=O)Nc2ccc3[nH]ncc3c2)cc1Br. The molecule has 5 nitrogen and oxygen atoms in total. The van der Waals surface area contributed by atoms with E-state index in [4.69, 9.17) is 5.73 Å². The van der Waals surface area contributed by atoms with E-state index < -0.39 is 0 Å². The van der Waals surface area contributed by atoms with Crippen molar-refractivity contribution < 1.29 is 4.79 Å². The quantitative estimate of drug-likeness (QED) is 0.631. The van der Waals surface area contributed by atoms with Crippen molar-refractivity contribution in [1.29, 1.82) is 0 Å². The molecule has 0 atom stereocenters. The molecular weight excluding hydrogens is 320 g/mol. The molecule has 0 saturated carbocycles. The summed E-state index contributed by atoms with van der Waals surface area (Å²) < 4.78 is 0.704. The first kappa shape index (κ1) is 12.7. The molecule has 0 unspecified atom stereocenters. The van der Waals surface area contributed by atoms with Crippen LogP contribution in [0, 0.1) is 0 Å². The summed E-state index contributed by atoms with van der Waals surface area (Å²) in [6, 6.07) is 10.6. The van der Waals surface area contributed by atoms with E-state index in [1.165, 1.54) is 0 Å². The van der Waals surface area contributed by atoms with Crippen LogP contribution in [0.25, 0.3) is 10.9 Å². The lowest BCUT2D eigenvalue weighted by molar-refractivity contribution is 0.102. The number of amides is 1. The Morgan fingerprint density at radius 1 is 1.25 bits per heavy atom. The molecule has 3 aromatic rings. The van der Waals surface area contributed by atoms with Gasteiger partial charge < -0.3 is 11.1 Å². The lowest BCUT2D eigenvalue weighted by atomic mass is 10.2. The topological polar surface area (TPSA) is 83.8 Å². The minimum Gasteiger partial charge on any atom is -0.398 e. The van der Waals surface area contributed by atoms with Gasteiger partial charge in [0, 0.05) is 26.8 Å². The number of rotatable bonds is 2. The Balaban J connectivity index is 1.85. The number of carbonyl (C=O) groups is 1. The van der Waals surface area contributed by atoms with Gasteiger partial charge in [-0.05, 0) is 52.3 Å². The molecule has 2 aromatic carbocycles. The molecule has 4 N–H and O–H groups in total. The maximum absolute atomic E-state index is 12.2. The van der Waals surface area contributed by atoms with Gasteiger partial charge >= 0.3 is 0 Å². The number of nitrogens with two attached hydrogens (primary N) is 1. The number of nitrogens with one attached hydrogen (secondary N) is 2. The fraction of sp³-hybridized carbons (Fsp3) is 0. The highest BCUT2D eigenvalue weighted by molar-refractivity contribution is 9.10. The van der Waals surface area contributed by atoms with Crippen molar-refractivity contribution in [2.45, 2.75) is 0 Å². The summed E-state index contributed by atoms with van der Waals surface area (Å²) in [6.07, 6.45) is 1.71. The molecule has 3 rings (SSSR count). The highest BCUT2D eigenvalue weighted by Gasteiger charge is 2.08. The predicted octanol–water partition coefficient (Wildman–Crippen LogP) is 3.16. The Kier molecular flexibility index (Phi) is 3.15. The van der Waals surface area contributed by atoms with E-state index in [1.807, 2.05) is 18.2 Å². The van der Waals surface area contributed by atoms with E-state index in [1.54, 1.807) is 24.4 Å². The predicted molar refractivity (Wildman–Crippen MR) is 82.6 cm³/mol. The second-order valence-electron chi connectivity index (χ2n) is 4.36. The zero-order chi connectivity index (χ0) is 14.1. The van der Waals surface area contributed by atoms with E-state index in [2.05, 4.69) is 31.4 Å². The second kappa shape index (κ2) is 4.97. The zero-order valence-corrected chi connectivity index (χ0v) is 11.9. The van der Waals surface area contributed by atoms with Crippen molar-refractivity contribution in [1.82, 2.24) is 10.2 Å². The molecule has 0 aliphatic heterocycles. The van der Waals surface area contributed by atoms with E-state index in [0.29, 0.717) is 15.7 Å². The van der Waals surface area contributed by atoms with Gasteiger partial charge in [-0.3, -0.25) is 9.89 Å². The van der Waals surface area contributed by atoms with Gasteiger partial charge in [0.2, 0.25) is 0 Å². The molecule has 0 aliphatic carbocycles. The molecule has 0 fully saturated rings. The molecule has 0 aliphatic rings. The minimum absolute atomic E-state index is 0.187. The van der Waals surface area contributed by atoms with Gasteiger partial charge in [0.25, 0.3) is 5.91 Å². The summed E-state index contributed by atoms with van der Waals surface area (Å²) in [5, 5.41) is 10.6. The van der Waals surface area contributed by atoms with E-state index in [0.717, 1.165) is 16.6 Å². The summed E-state index contributed by atoms with van der Waals surface area (Å²) in [5.41, 5.74) is 8.49. The monoisotopic (exact) mass is 330 g/mol. The van der Waals surface area contributed by atoms with Crippen LogP contribution in [0.3, 0.4) is 0 Å². The maximum atomic E-state index is 12.2. The third-order valence-corrected chi connectivity index (χ3v) is 3.65. The normalized spacial score (nSPS) is 10.7. The Hall–Kier alpha value is -2.34. The highest BCUT2D eigenvalue weighted by Crippen LogP contribution is 2.22. The fourth-order valence-corrected chi connectivity index (χ4v) is 2.27. The van der Waals surface area contributed by atoms with Crippen LogP contribution in [0.1, 0.15) is 10.4 Å². The van der Waals surface area contributed by atoms with Crippen LogP contribution in [0.5, 0.6) is 0 Å². The summed E-state index contributed by atoms with van der Waals surface area (Å²) >= 11 is 3.31. The number of hydrogen-bond acceptors (Lipinski definition) is 3. The van der Waals surface area contributed by atoms with Crippen molar-refractivity contribution in [3.05, 3.63) is 52.6 Å². The number of aromatic amines is 1. The van der Waals surface area contributed by atoms with Crippen LogP contribution in [-0.4, -0.2) is 16.1 Å². The third kappa shape index (κ3) is 2.37. The first-order valence-electron chi connectivity index (χ1n) is 5.93. The lowest BCUT2D eigenvalue weighted by Crippen LogP contribution is -2.11. The zero-order valence-electron chi connectivity index (χ0n) is 10.4. The van der Waals surface area contributed by atoms with Gasteiger partial charge in [-0.2, -0.15) is 5.10 Å². The van der Waals surface area contributed by atoms with Gasteiger partial charge in [-0.15, -0.1) is 0 Å². The number of carbonyl (C=O) groups excluding carboxylic acids is 1. The first-order chi connectivity index (χ1) is 9.63. The molecule has 0 saturated heterocycles. The number of halogens is 1. The maximum Gasteiger partial charge on any atom is 0.255 e. The van der Waals surface area contributed by atoms with Crippen LogP contribution < -0.4 is 11.1 Å². The molecule has 1 aromatic heterocycles. The van der Waals surface area contributed by atoms with Gasteiger partial charge in [0.05, 0.1) is 11.7 Å². The van der Waals surface area contributed by atoms with Crippen molar-refractivity contribution in [2.24, 2.45) is 0 Å². The van der Waals surface area contributed by atoms with Crippen molar-refractivity contribution >= 4 is 44.1 Å². The van der Waals surface area contributed by atoms with Crippen LogP contribution in [0.2, 0.25) is 0 Å². The lowest BCUT2D eigenvalue weighted by Gasteiger charge is -2.06. The average Bonchev–Trinajstić information content (AvgIpc) is 2.89. The smallest absolute Gasteiger partial charge is 0.255 e. The van der Waals surface area contributed by atoms with Gasteiger partial charge in [-0.25, -0.2) is 0 Å². The molecule has 0 radical (unpaired) electrons. The van der Waals surface area contributed by atoms with E-state index >= 15 is 0 Å². The molecular formula is C14H11BrN4O. The number of fused-ring (bicyclic) bond motifs is 1. The van der Waals surface area contributed by atoms with Gasteiger partial charge in [0.15, 0.2) is 0 Å². The Bertz CT molecular complexity index is 797. The molecule has 20 heavy (non-hydrogen) atoms. The summed E-state index contributed by atoms with van der Waals surface area (Å²) in [4.78, 5) is 12.2. The standard InChI is InChI=1S/C14H11BrN4O/c15-11-6-8(1-3-12(11)16)14(20)18-10-2-4-13-9(5-10)7-17-19-13/h1-7H,16H2,(H,17,19)(H,18,20). The summed E-state index contributed by atoms with van der Waals surface area (Å²) in [6.45, 7) is 0. The van der Waals surface area contributed by atoms with Crippen molar-refractivity contribution in [2.75, 3.05) is 11.1 Å². The Morgan fingerprint density at radius 3 is 2.90 bits per heavy atom. The third-order valence-electron chi connectivity index (χ3n) is 2.96. The summed E-state index contributed by atoms with van der Waals surface area (Å²) in [7, 11) is 0. The van der Waals surface area contributed by atoms with Crippen molar-refractivity contribution in [3.63, 3.8) is 0 Å². The van der Waals surface area contributed by atoms with Crippen LogP contribution in [0.15, 0.2) is 47.1 Å². The van der Waals surface area contributed by atoms with Crippen LogP contribution in [-0.2, 0) is 0 Å². The average molecular weight is 331 g/mol. The van der Waals surface area contributed by atoms with E-state index in [-0.39, 0.29) is 5.91 Å². The van der Waals surface area contributed by atoms with Crippen LogP contribution >= 0.6 is 15.9 Å². The molecule has 1 amide bonds. The first-order valence-corrected chi connectivity index (χ1v) is 6.72. The molecule has 100 valence electrons. The van der Waals surface area contributed by atoms with Crippen molar-refractivity contribution in [3.8, 4) is 0 Å². The van der Waals surface area contributed by atoms with E-state index in [9.17, 15) is 4.79 Å². The molecule has 0 spiro atoms. The number of H-pyrrole nitrogens is 1. The second-order valence-corrected chi connectivity index (χ2v) is 5.22. The Morgan fingerprint density at radius 2 is 2.10 bits per heavy atom. The number of anilines is 2. The Labute approximate surface area is 123 Å². The molecule has 6 heteroatoms. The minimum atomic E-state index is -0.187.